The van der Waals surface area contributed by atoms with Crippen molar-refractivity contribution in [3.8, 4) is 0 Å². The number of fused-ring (bicyclic) bond motifs is 3. The number of nitrogens with zero attached hydrogens (tertiary/aromatic N) is 3. The number of H-pyrrole nitrogens is 1. The first-order valence-corrected chi connectivity index (χ1v) is 9.01. The van der Waals surface area contributed by atoms with Crippen LogP contribution in [-0.2, 0) is 17.7 Å². The Balaban J connectivity index is 1.39. The molecule has 0 unspecified atom stereocenters. The van der Waals surface area contributed by atoms with Gasteiger partial charge < -0.3 is 19.5 Å². The van der Waals surface area contributed by atoms with E-state index >= 15 is 0 Å². The molecule has 2 aliphatic rings. The Labute approximate surface area is 147 Å². The fraction of sp³-hybridized carbons (Fsp3) is 0.350. The van der Waals surface area contributed by atoms with Crippen LogP contribution in [0.5, 0.6) is 0 Å². The number of rotatable bonds is 2. The van der Waals surface area contributed by atoms with Crippen molar-refractivity contribution in [3.05, 3.63) is 53.9 Å². The van der Waals surface area contributed by atoms with E-state index in [9.17, 15) is 0 Å². The molecule has 0 spiro atoms. The summed E-state index contributed by atoms with van der Waals surface area (Å²) in [5, 5.41) is 1.34. The number of pyridine rings is 1. The third-order valence-electron chi connectivity index (χ3n) is 5.32. The van der Waals surface area contributed by atoms with E-state index < -0.39 is 0 Å². The smallest absolute Gasteiger partial charge is 0.128 e. The average Bonchev–Trinajstić information content (AvgIpc) is 3.07. The molecule has 5 heteroatoms. The summed E-state index contributed by atoms with van der Waals surface area (Å²) < 4.78 is 5.43. The number of hydrogen-bond donors (Lipinski definition) is 1. The number of anilines is 2. The van der Waals surface area contributed by atoms with Gasteiger partial charge in [-0.3, -0.25) is 0 Å². The van der Waals surface area contributed by atoms with Gasteiger partial charge in [-0.1, -0.05) is 18.2 Å². The summed E-state index contributed by atoms with van der Waals surface area (Å²) in [7, 11) is 0. The van der Waals surface area contributed by atoms with E-state index in [0.29, 0.717) is 0 Å². The van der Waals surface area contributed by atoms with E-state index in [1.54, 1.807) is 0 Å². The van der Waals surface area contributed by atoms with Crippen molar-refractivity contribution >= 4 is 22.4 Å². The van der Waals surface area contributed by atoms with Crippen LogP contribution in [0.25, 0.3) is 10.9 Å². The third kappa shape index (κ3) is 2.65. The van der Waals surface area contributed by atoms with Gasteiger partial charge in [-0.25, -0.2) is 4.98 Å². The molecule has 5 nitrogen and oxygen atoms in total. The van der Waals surface area contributed by atoms with Gasteiger partial charge in [0.25, 0.3) is 0 Å². The zero-order valence-corrected chi connectivity index (χ0v) is 14.2. The highest BCUT2D eigenvalue weighted by molar-refractivity contribution is 5.85. The van der Waals surface area contributed by atoms with Crippen LogP contribution in [0.4, 0.5) is 11.5 Å². The van der Waals surface area contributed by atoms with Crippen LogP contribution in [0.15, 0.2) is 42.6 Å². The molecule has 1 saturated heterocycles. The second kappa shape index (κ2) is 6.08. The van der Waals surface area contributed by atoms with Crippen molar-refractivity contribution in [1.82, 2.24) is 9.97 Å². The molecule has 1 aromatic carbocycles. The molecule has 3 aromatic rings. The minimum absolute atomic E-state index is 0.803. The number of morpholine rings is 1. The number of aromatic nitrogens is 2. The Kier molecular flexibility index (Phi) is 3.59. The maximum Gasteiger partial charge on any atom is 0.128 e. The van der Waals surface area contributed by atoms with E-state index in [-0.39, 0.29) is 0 Å². The molecule has 4 heterocycles. The molecule has 128 valence electrons. The van der Waals surface area contributed by atoms with Crippen molar-refractivity contribution in [2.75, 3.05) is 42.6 Å². The van der Waals surface area contributed by atoms with E-state index in [2.05, 4.69) is 51.2 Å². The summed E-state index contributed by atoms with van der Waals surface area (Å²) in [5.74, 6) is 1.06. The third-order valence-corrected chi connectivity index (χ3v) is 5.32. The van der Waals surface area contributed by atoms with Gasteiger partial charge in [0.05, 0.1) is 25.1 Å². The van der Waals surface area contributed by atoms with Gasteiger partial charge in [-0.15, -0.1) is 0 Å². The number of hydrogen-bond acceptors (Lipinski definition) is 4. The molecule has 1 N–H and O–H groups in total. The van der Waals surface area contributed by atoms with Gasteiger partial charge in [0.1, 0.15) is 5.82 Å². The quantitative estimate of drug-likeness (QED) is 0.782. The van der Waals surface area contributed by atoms with Crippen LogP contribution in [0.3, 0.4) is 0 Å². The Bertz CT molecular complexity index is 880. The Morgan fingerprint density at radius 2 is 1.84 bits per heavy atom. The lowest BCUT2D eigenvalue weighted by molar-refractivity contribution is 0.122. The van der Waals surface area contributed by atoms with Crippen LogP contribution < -0.4 is 9.80 Å². The highest BCUT2D eigenvalue weighted by atomic mass is 16.5. The molecule has 0 bridgehead atoms. The molecule has 2 aromatic heterocycles. The van der Waals surface area contributed by atoms with Crippen LogP contribution in [0, 0.1) is 0 Å². The number of ether oxygens (including phenoxy) is 1. The molecular formula is C20H22N4O. The number of aromatic amines is 1. The highest BCUT2D eigenvalue weighted by Crippen LogP contribution is 2.30. The first kappa shape index (κ1) is 14.8. The zero-order chi connectivity index (χ0) is 16.6. The minimum Gasteiger partial charge on any atom is -0.378 e. The van der Waals surface area contributed by atoms with E-state index in [1.807, 2.05) is 6.20 Å². The van der Waals surface area contributed by atoms with Gasteiger partial charge in [0.15, 0.2) is 0 Å². The van der Waals surface area contributed by atoms with Crippen LogP contribution in [-0.4, -0.2) is 42.8 Å². The molecule has 2 aliphatic heterocycles. The van der Waals surface area contributed by atoms with Crippen LogP contribution in [0.1, 0.15) is 11.3 Å². The Hall–Kier alpha value is -2.53. The summed E-state index contributed by atoms with van der Waals surface area (Å²) in [6.07, 6.45) is 3.04. The molecule has 0 radical (unpaired) electrons. The minimum atomic E-state index is 0.803. The van der Waals surface area contributed by atoms with E-state index in [1.165, 1.54) is 27.8 Å². The highest BCUT2D eigenvalue weighted by Gasteiger charge is 2.21. The molecule has 25 heavy (non-hydrogen) atoms. The first-order valence-electron chi connectivity index (χ1n) is 9.01. The molecule has 1 fully saturated rings. The topological polar surface area (TPSA) is 44.4 Å². The van der Waals surface area contributed by atoms with E-state index in [0.717, 1.165) is 51.6 Å². The zero-order valence-electron chi connectivity index (χ0n) is 14.2. The van der Waals surface area contributed by atoms with Gasteiger partial charge in [0.2, 0.25) is 0 Å². The van der Waals surface area contributed by atoms with Crippen molar-refractivity contribution in [2.45, 2.75) is 13.0 Å². The van der Waals surface area contributed by atoms with Gasteiger partial charge in [-0.2, -0.15) is 0 Å². The second-order valence-electron chi connectivity index (χ2n) is 6.77. The van der Waals surface area contributed by atoms with Crippen molar-refractivity contribution in [2.24, 2.45) is 0 Å². The number of benzene rings is 1. The fourth-order valence-electron chi connectivity index (χ4n) is 3.94. The molecule has 0 saturated carbocycles. The standard InChI is InChI=1S/C20H22N4O/c1-2-4-18-16(3-1)17-14-24(8-7-19(17)22-18)20-6-5-15(13-21-20)23-9-11-25-12-10-23/h1-6,13,22H,7-12,14H2. The van der Waals surface area contributed by atoms with Crippen molar-refractivity contribution in [3.63, 3.8) is 0 Å². The largest absolute Gasteiger partial charge is 0.378 e. The van der Waals surface area contributed by atoms with E-state index in [4.69, 9.17) is 9.72 Å². The normalized spacial score (nSPS) is 17.8. The lowest BCUT2D eigenvalue weighted by Gasteiger charge is -2.30. The monoisotopic (exact) mass is 334 g/mol. The lowest BCUT2D eigenvalue weighted by Crippen LogP contribution is -2.36. The first-order chi connectivity index (χ1) is 12.4. The van der Waals surface area contributed by atoms with Crippen molar-refractivity contribution < 1.29 is 4.74 Å². The molecule has 0 atom stereocenters. The average molecular weight is 334 g/mol. The van der Waals surface area contributed by atoms with Gasteiger partial charge >= 0.3 is 0 Å². The SMILES string of the molecule is c1ccc2c3c([nH]c2c1)CCN(c1ccc(N2CCOCC2)cn1)C3. The second-order valence-corrected chi connectivity index (χ2v) is 6.77. The maximum atomic E-state index is 5.43. The Morgan fingerprint density at radius 3 is 2.68 bits per heavy atom. The van der Waals surface area contributed by atoms with Crippen LogP contribution >= 0.6 is 0 Å². The molecular weight excluding hydrogens is 312 g/mol. The summed E-state index contributed by atoms with van der Waals surface area (Å²) >= 11 is 0. The molecule has 0 aliphatic carbocycles. The van der Waals surface area contributed by atoms with Crippen molar-refractivity contribution in [1.29, 1.82) is 0 Å². The summed E-state index contributed by atoms with van der Waals surface area (Å²) in [6, 6.07) is 12.9. The van der Waals surface area contributed by atoms with Gasteiger partial charge in [0, 0.05) is 54.8 Å². The number of para-hydroxylation sites is 1. The maximum absolute atomic E-state index is 5.43. The molecule has 0 amide bonds. The molecule has 5 rings (SSSR count). The van der Waals surface area contributed by atoms with Crippen LogP contribution in [0.2, 0.25) is 0 Å². The predicted octanol–water partition coefficient (Wildman–Crippen LogP) is 2.96. The lowest BCUT2D eigenvalue weighted by atomic mass is 10.0. The van der Waals surface area contributed by atoms with Gasteiger partial charge in [-0.05, 0) is 18.2 Å². The fourth-order valence-corrected chi connectivity index (χ4v) is 3.94. The number of nitrogens with one attached hydrogen (secondary N) is 1. The summed E-state index contributed by atoms with van der Waals surface area (Å²) in [5.41, 5.74) is 5.23. The summed E-state index contributed by atoms with van der Waals surface area (Å²) in [6.45, 7) is 5.42. The summed E-state index contributed by atoms with van der Waals surface area (Å²) in [4.78, 5) is 13.0. The predicted molar refractivity (Wildman–Crippen MR) is 100 cm³/mol. The Morgan fingerprint density at radius 1 is 0.960 bits per heavy atom.